The van der Waals surface area contributed by atoms with Crippen molar-refractivity contribution in [1.29, 1.82) is 0 Å². The van der Waals surface area contributed by atoms with Crippen molar-refractivity contribution in [3.05, 3.63) is 0 Å². The van der Waals surface area contributed by atoms with Crippen LogP contribution in [0.2, 0.25) is 0 Å². The zero-order valence-corrected chi connectivity index (χ0v) is 10.3. The van der Waals surface area contributed by atoms with Crippen molar-refractivity contribution in [3.8, 4) is 0 Å². The molecule has 0 radical (unpaired) electrons. The first-order valence-corrected chi connectivity index (χ1v) is 0. The molecular weight excluding hydrogens is 371 g/mol. The number of halogens is 3. The van der Waals surface area contributed by atoms with E-state index in [1.54, 1.807) is 0 Å². The average Bonchev–Trinajstić information content (AvgIpc) is 0. The number of hydrogen-bond donors (Lipinski definition) is 0. The summed E-state index contributed by atoms with van der Waals surface area (Å²) in [6, 6.07) is 0. The van der Waals surface area contributed by atoms with E-state index < -0.39 is 0 Å². The molecule has 0 amide bonds. The van der Waals surface area contributed by atoms with Gasteiger partial charge in [0.05, 0.1) is 0 Å². The largest absolute Gasteiger partial charge is 3.00 e. The van der Waals surface area contributed by atoms with E-state index >= 15 is 0 Å². The smallest absolute Gasteiger partial charge is 1.00 e. The zero-order chi connectivity index (χ0) is 0. The minimum atomic E-state index is 0. The molecule has 0 unspecified atom stereocenters. The fourth-order valence-corrected chi connectivity index (χ4v) is 0. The van der Waals surface area contributed by atoms with E-state index in [4.69, 9.17) is 0 Å². The average molecular weight is 373 g/mol. The van der Waals surface area contributed by atoms with Crippen LogP contribution >= 0.6 is 0 Å². The molecule has 0 aliphatic carbocycles. The summed E-state index contributed by atoms with van der Waals surface area (Å²) in [5.74, 6) is 0. The van der Waals surface area contributed by atoms with Gasteiger partial charge < -0.3 is 56.4 Å². The Morgan fingerprint density at radius 1 is 0.600 bits per heavy atom. The maximum atomic E-state index is 0. The van der Waals surface area contributed by atoms with Crippen LogP contribution in [0, 0.1) is 0 Å². The Bertz CT molecular complexity index is 6.85. The predicted octanol–water partition coefficient (Wildman–Crippen LogP) is -10.2. The van der Waals surface area contributed by atoms with Crippen LogP contribution in [0.15, 0.2) is 0 Å². The van der Waals surface area contributed by atoms with Gasteiger partial charge in [0, 0.05) is 0 Å². The van der Waals surface area contributed by atoms with Gasteiger partial charge in [0.1, 0.15) is 0 Å². The molecule has 0 saturated carbocycles. The van der Waals surface area contributed by atoms with Crippen molar-refractivity contribution >= 4 is 25.8 Å². The molecule has 5 heteroatoms. The Hall–Kier alpha value is 2.27. The van der Waals surface area contributed by atoms with E-state index in [1.807, 2.05) is 0 Å². The van der Waals surface area contributed by atoms with Crippen molar-refractivity contribution in [1.82, 2.24) is 0 Å². The second-order valence-electron chi connectivity index (χ2n) is 0. The van der Waals surface area contributed by atoms with E-state index in [-0.39, 0.29) is 82.3 Å². The summed E-state index contributed by atoms with van der Waals surface area (Å²) in [7, 11) is 0. The van der Waals surface area contributed by atoms with Gasteiger partial charge in [-0.05, 0) is 0 Å². The van der Waals surface area contributed by atoms with Crippen LogP contribution in [-0.4, -0.2) is 31.3 Å². The standard InChI is InChI=1S/3BrH.In.H2O/h3*1H;;1H2/q;;;+3;/p-3. The van der Waals surface area contributed by atoms with Crippen molar-refractivity contribution in [2.75, 3.05) is 0 Å². The molecule has 0 heterocycles. The third-order valence-corrected chi connectivity index (χ3v) is 0. The van der Waals surface area contributed by atoms with Crippen LogP contribution in [0.5, 0.6) is 0 Å². The van der Waals surface area contributed by atoms with Gasteiger partial charge in [-0.15, -0.1) is 0 Å². The second kappa shape index (κ2) is 33.8. The summed E-state index contributed by atoms with van der Waals surface area (Å²) < 4.78 is 0. The van der Waals surface area contributed by atoms with Gasteiger partial charge in [-0.25, -0.2) is 0 Å². The molecule has 5 heavy (non-hydrogen) atoms. The SMILES string of the molecule is O.[Br-].[Br-].[Br-].[In+3]. The summed E-state index contributed by atoms with van der Waals surface area (Å²) in [6.45, 7) is 0. The van der Waals surface area contributed by atoms with Crippen LogP contribution in [0.1, 0.15) is 0 Å². The molecule has 0 aromatic carbocycles. The third-order valence-electron chi connectivity index (χ3n) is 0. The summed E-state index contributed by atoms with van der Waals surface area (Å²) in [5, 5.41) is 0. The number of rotatable bonds is 0. The predicted molar refractivity (Wildman–Crippen MR) is 9.37 cm³/mol. The van der Waals surface area contributed by atoms with Crippen LogP contribution < -0.4 is 50.9 Å². The maximum Gasteiger partial charge on any atom is 3.00 e. The molecule has 0 rings (SSSR count). The van der Waals surface area contributed by atoms with Gasteiger partial charge in [0.25, 0.3) is 0 Å². The summed E-state index contributed by atoms with van der Waals surface area (Å²) in [6.07, 6.45) is 0. The molecule has 0 aromatic heterocycles. The van der Waals surface area contributed by atoms with Crippen molar-refractivity contribution < 1.29 is 56.4 Å². The Kier molecular flexibility index (Phi) is 375. The monoisotopic (exact) mass is 370 g/mol. The first kappa shape index (κ1) is 55.5. The van der Waals surface area contributed by atoms with Gasteiger partial charge in [0.2, 0.25) is 0 Å². The Labute approximate surface area is 81.3 Å². The van der Waals surface area contributed by atoms with E-state index in [0.717, 1.165) is 0 Å². The van der Waals surface area contributed by atoms with Gasteiger partial charge in [0.15, 0.2) is 0 Å². The molecular formula is H2Br3InO. The molecule has 0 atom stereocenters. The van der Waals surface area contributed by atoms with Gasteiger partial charge in [-0.3, -0.25) is 0 Å². The van der Waals surface area contributed by atoms with Crippen LogP contribution in [0.3, 0.4) is 0 Å². The van der Waals surface area contributed by atoms with E-state index in [9.17, 15) is 0 Å². The fourth-order valence-electron chi connectivity index (χ4n) is 0. The van der Waals surface area contributed by atoms with Gasteiger partial charge >= 0.3 is 25.8 Å². The van der Waals surface area contributed by atoms with Gasteiger partial charge in [-0.1, -0.05) is 0 Å². The quantitative estimate of drug-likeness (QED) is 0.405. The molecule has 0 fully saturated rings. The van der Waals surface area contributed by atoms with Crippen molar-refractivity contribution in [2.24, 2.45) is 0 Å². The van der Waals surface area contributed by atoms with E-state index in [0.29, 0.717) is 0 Å². The van der Waals surface area contributed by atoms with E-state index in [1.165, 1.54) is 0 Å². The first-order chi connectivity index (χ1) is 0. The molecule has 0 spiro atoms. The zero-order valence-electron chi connectivity index (χ0n) is 2.21. The van der Waals surface area contributed by atoms with Crippen molar-refractivity contribution in [2.45, 2.75) is 0 Å². The molecule has 0 bridgehead atoms. The first-order valence-electron chi connectivity index (χ1n) is 0. The Morgan fingerprint density at radius 2 is 0.600 bits per heavy atom. The molecule has 2 N–H and O–H groups in total. The minimum Gasteiger partial charge on any atom is -1.00 e. The van der Waals surface area contributed by atoms with Crippen LogP contribution in [0.4, 0.5) is 0 Å². The molecule has 0 saturated heterocycles. The minimum absolute atomic E-state index is 0. The molecule has 32 valence electrons. The molecule has 1 nitrogen and oxygen atoms in total. The molecule has 0 aliphatic rings. The number of hydrogen-bond acceptors (Lipinski definition) is 0. The molecule has 0 aromatic rings. The topological polar surface area (TPSA) is 31.5 Å². The van der Waals surface area contributed by atoms with Crippen LogP contribution in [0.25, 0.3) is 0 Å². The Balaban J connectivity index is 0. The Morgan fingerprint density at radius 3 is 0.600 bits per heavy atom. The fraction of sp³-hybridized carbons (Fsp3) is 0. The second-order valence-corrected chi connectivity index (χ2v) is 0. The van der Waals surface area contributed by atoms with E-state index in [2.05, 4.69) is 0 Å². The summed E-state index contributed by atoms with van der Waals surface area (Å²) >= 11 is 0. The summed E-state index contributed by atoms with van der Waals surface area (Å²) in [4.78, 5) is 0. The third kappa shape index (κ3) is 22.2. The maximum absolute atomic E-state index is 0. The van der Waals surface area contributed by atoms with Crippen LogP contribution in [-0.2, 0) is 0 Å². The normalized spacial score (nSPS) is 0. The summed E-state index contributed by atoms with van der Waals surface area (Å²) in [5.41, 5.74) is 0. The van der Waals surface area contributed by atoms with Crippen molar-refractivity contribution in [3.63, 3.8) is 0 Å². The molecule has 0 aliphatic heterocycles. The van der Waals surface area contributed by atoms with Gasteiger partial charge in [-0.2, -0.15) is 0 Å².